The number of aromatic hydroxyl groups is 1. The summed E-state index contributed by atoms with van der Waals surface area (Å²) in [6, 6.07) is 4.79. The van der Waals surface area contributed by atoms with Crippen LogP contribution in [0.4, 0.5) is 0 Å². The number of carboxylic acid groups (broad SMARTS) is 1. The second-order valence-corrected chi connectivity index (χ2v) is 16.4. The number of fused-ring (bicyclic) bond motifs is 5. The van der Waals surface area contributed by atoms with Crippen LogP contribution in [-0.4, -0.2) is 146 Å². The number of carbonyl (C=O) groups is 7. The molecule has 0 saturated carbocycles. The standard InChI is InChI=1S/C41H69N11O9S/c42-39(61)32(24-62)50-34(55)8-4-2-1-3-7-33(54)31(23-29-13-15-30(53)16-14-29)49-35(56)9-5-10-36(57)51-40-25-43-17-19-45-27-41(48-22-21-47-40,28-46-20-18-44-26-40)52-37(58)11-6-12-38(59)60/h13-16,31-32,43-48,53,62H,1-12,17-28H2,(H2,42,61)(H,49,56)(H,50,55)(H,51,57)(H,52,58)(H,59,60)/t31-,32-,40?,41?/m0/s1. The van der Waals surface area contributed by atoms with E-state index in [-0.39, 0.29) is 98.7 Å². The number of carbonyl (C=O) groups excluding carboxylic acids is 6. The molecule has 21 heteroatoms. The van der Waals surface area contributed by atoms with E-state index in [0.717, 1.165) is 5.56 Å². The van der Waals surface area contributed by atoms with Gasteiger partial charge in [-0.15, -0.1) is 0 Å². The third kappa shape index (κ3) is 20.7. The van der Waals surface area contributed by atoms with Gasteiger partial charge in [-0.2, -0.15) is 12.6 Å². The molecule has 348 valence electrons. The third-order valence-electron chi connectivity index (χ3n) is 10.6. The fourth-order valence-corrected chi connectivity index (χ4v) is 7.51. The van der Waals surface area contributed by atoms with Gasteiger partial charge in [0.15, 0.2) is 5.78 Å². The van der Waals surface area contributed by atoms with Crippen LogP contribution in [-0.2, 0) is 40.0 Å². The molecule has 2 atom stereocenters. The van der Waals surface area contributed by atoms with Gasteiger partial charge in [-0.1, -0.05) is 25.0 Å². The quantitative estimate of drug-likeness (QED) is 0.0389. The van der Waals surface area contributed by atoms with Crippen molar-refractivity contribution in [3.63, 3.8) is 0 Å². The Labute approximate surface area is 369 Å². The van der Waals surface area contributed by atoms with Crippen LogP contribution in [0.1, 0.15) is 82.6 Å². The van der Waals surface area contributed by atoms with Crippen molar-refractivity contribution in [2.75, 3.05) is 71.2 Å². The number of phenols is 1. The number of rotatable bonds is 24. The SMILES string of the molecule is NC(=O)[C@H](CS)NC(=O)CCCCCCC(=O)[C@H](Cc1ccc(O)cc1)NC(=O)CCCC(=O)NC12CNCCNCC(NC(=O)CCCC(=O)O)(CNCCNC1)NCCN2. The Hall–Kier alpha value is -4.38. The van der Waals surface area contributed by atoms with Gasteiger partial charge in [0.05, 0.1) is 6.04 Å². The third-order valence-corrected chi connectivity index (χ3v) is 11.0. The number of thiol groups is 1. The summed E-state index contributed by atoms with van der Waals surface area (Å²) in [6.45, 7) is 4.76. The molecule has 20 nitrogen and oxygen atoms in total. The maximum Gasteiger partial charge on any atom is 0.303 e. The van der Waals surface area contributed by atoms with Crippen LogP contribution in [0.25, 0.3) is 0 Å². The summed E-state index contributed by atoms with van der Waals surface area (Å²) in [4.78, 5) is 87.5. The number of nitrogens with one attached hydrogen (secondary N) is 10. The van der Waals surface area contributed by atoms with Gasteiger partial charge in [0.25, 0.3) is 0 Å². The van der Waals surface area contributed by atoms with E-state index in [0.29, 0.717) is 91.1 Å². The summed E-state index contributed by atoms with van der Waals surface area (Å²) < 4.78 is 0. The average molecular weight is 892 g/mol. The van der Waals surface area contributed by atoms with Gasteiger partial charge in [0, 0.05) is 110 Å². The van der Waals surface area contributed by atoms with Crippen molar-refractivity contribution in [1.82, 2.24) is 53.2 Å². The highest BCUT2D eigenvalue weighted by Crippen LogP contribution is 2.15. The lowest BCUT2D eigenvalue weighted by molar-refractivity contribution is -0.137. The Morgan fingerprint density at radius 1 is 0.597 bits per heavy atom. The number of nitrogens with two attached hydrogens (primary N) is 1. The second kappa shape index (κ2) is 28.3. The van der Waals surface area contributed by atoms with E-state index in [2.05, 4.69) is 65.8 Å². The molecule has 2 bridgehead atoms. The minimum atomic E-state index is -0.951. The largest absolute Gasteiger partial charge is 0.508 e. The molecule has 0 spiro atoms. The number of hydrogen-bond donors (Lipinski definition) is 14. The van der Waals surface area contributed by atoms with Crippen molar-refractivity contribution in [3.05, 3.63) is 29.8 Å². The Kier molecular flexibility index (Phi) is 23.8. The molecule has 2 fully saturated rings. The number of primary amides is 1. The number of benzene rings is 1. The Morgan fingerprint density at radius 3 is 1.50 bits per heavy atom. The predicted octanol–water partition coefficient (Wildman–Crippen LogP) is -2.16. The zero-order valence-corrected chi connectivity index (χ0v) is 36.6. The number of unbranched alkanes of at least 4 members (excludes halogenated alkanes) is 3. The molecule has 2 heterocycles. The molecule has 0 aliphatic carbocycles. The van der Waals surface area contributed by atoms with Gasteiger partial charge in [-0.3, -0.25) is 44.2 Å². The lowest BCUT2D eigenvalue weighted by Gasteiger charge is -2.41. The summed E-state index contributed by atoms with van der Waals surface area (Å²) in [5.74, 6) is -2.72. The van der Waals surface area contributed by atoms with E-state index in [1.54, 1.807) is 12.1 Å². The molecule has 0 unspecified atom stereocenters. The Bertz CT molecular complexity index is 1590. The highest BCUT2D eigenvalue weighted by atomic mass is 32.1. The molecule has 1 aromatic rings. The fourth-order valence-electron chi connectivity index (χ4n) is 7.24. The van der Waals surface area contributed by atoms with Crippen LogP contribution < -0.4 is 58.9 Å². The minimum Gasteiger partial charge on any atom is -0.508 e. The first-order valence-electron chi connectivity index (χ1n) is 21.7. The zero-order valence-electron chi connectivity index (χ0n) is 35.7. The van der Waals surface area contributed by atoms with Crippen molar-refractivity contribution >= 4 is 53.9 Å². The fraction of sp³-hybridized carbons (Fsp3) is 0.683. The maximum absolute atomic E-state index is 13.5. The molecule has 2 aliphatic heterocycles. The van der Waals surface area contributed by atoms with Gasteiger partial charge in [0.1, 0.15) is 23.1 Å². The molecule has 5 amide bonds. The first-order valence-corrected chi connectivity index (χ1v) is 22.3. The lowest BCUT2D eigenvalue weighted by atomic mass is 9.98. The van der Waals surface area contributed by atoms with Crippen LogP contribution in [0.5, 0.6) is 5.75 Å². The van der Waals surface area contributed by atoms with Gasteiger partial charge >= 0.3 is 5.97 Å². The van der Waals surface area contributed by atoms with E-state index in [1.807, 2.05) is 0 Å². The van der Waals surface area contributed by atoms with Crippen LogP contribution in [0.15, 0.2) is 24.3 Å². The van der Waals surface area contributed by atoms with Crippen molar-refractivity contribution in [2.24, 2.45) is 5.73 Å². The Morgan fingerprint density at radius 2 is 1.03 bits per heavy atom. The molecular formula is C41H69N11O9S. The normalized spacial score (nSPS) is 20.9. The van der Waals surface area contributed by atoms with E-state index in [9.17, 15) is 38.7 Å². The first kappa shape index (κ1) is 52.0. The number of carboxylic acids is 1. The number of ketones is 1. The van der Waals surface area contributed by atoms with Crippen LogP contribution in [0.3, 0.4) is 0 Å². The molecular weight excluding hydrogens is 823 g/mol. The highest BCUT2D eigenvalue weighted by molar-refractivity contribution is 7.80. The van der Waals surface area contributed by atoms with E-state index < -0.39 is 35.3 Å². The molecule has 3 rings (SSSR count). The first-order chi connectivity index (χ1) is 29.7. The lowest BCUT2D eigenvalue weighted by Crippen LogP contribution is -2.73. The summed E-state index contributed by atoms with van der Waals surface area (Å²) in [5.41, 5.74) is 4.27. The number of Topliss-reactive ketones (excluding diaryl/α,β-unsaturated/α-hetero) is 1. The predicted molar refractivity (Wildman–Crippen MR) is 236 cm³/mol. The smallest absolute Gasteiger partial charge is 0.303 e. The van der Waals surface area contributed by atoms with Crippen molar-refractivity contribution in [2.45, 2.75) is 107 Å². The second-order valence-electron chi connectivity index (χ2n) is 16.0. The highest BCUT2D eigenvalue weighted by Gasteiger charge is 2.35. The summed E-state index contributed by atoms with van der Waals surface area (Å²) in [6.07, 6.45) is 3.68. The number of aliphatic carboxylic acids is 1. The van der Waals surface area contributed by atoms with Crippen molar-refractivity contribution in [1.29, 1.82) is 0 Å². The van der Waals surface area contributed by atoms with Gasteiger partial charge in [0.2, 0.25) is 29.5 Å². The maximum atomic E-state index is 13.5. The van der Waals surface area contributed by atoms with Crippen LogP contribution >= 0.6 is 12.6 Å². The topological polar surface area (TPSA) is 306 Å². The monoisotopic (exact) mass is 892 g/mol. The minimum absolute atomic E-state index is 0.0149. The molecule has 2 saturated heterocycles. The van der Waals surface area contributed by atoms with E-state index in [1.165, 1.54) is 12.1 Å². The molecule has 14 N–H and O–H groups in total. The summed E-state index contributed by atoms with van der Waals surface area (Å²) in [7, 11) is 0. The molecule has 2 aliphatic rings. The van der Waals surface area contributed by atoms with Crippen LogP contribution in [0.2, 0.25) is 0 Å². The van der Waals surface area contributed by atoms with Crippen molar-refractivity contribution in [3.8, 4) is 5.75 Å². The summed E-state index contributed by atoms with van der Waals surface area (Å²) in [5, 5.41) is 51.1. The molecule has 0 aromatic heterocycles. The van der Waals surface area contributed by atoms with Gasteiger partial charge < -0.3 is 58.5 Å². The Balaban J connectivity index is 1.54. The van der Waals surface area contributed by atoms with E-state index >= 15 is 0 Å². The van der Waals surface area contributed by atoms with E-state index in [4.69, 9.17) is 10.8 Å². The zero-order chi connectivity index (χ0) is 45.2. The number of hydrogen-bond acceptors (Lipinski definition) is 15. The number of amides is 5. The molecule has 62 heavy (non-hydrogen) atoms. The molecule has 0 radical (unpaired) electrons. The van der Waals surface area contributed by atoms with Crippen LogP contribution in [0, 0.1) is 0 Å². The van der Waals surface area contributed by atoms with Gasteiger partial charge in [-0.05, 0) is 49.8 Å². The van der Waals surface area contributed by atoms with Gasteiger partial charge in [-0.25, -0.2) is 0 Å². The molecule has 1 aromatic carbocycles. The van der Waals surface area contributed by atoms with Crippen molar-refractivity contribution < 1.29 is 43.8 Å². The summed E-state index contributed by atoms with van der Waals surface area (Å²) >= 11 is 4.03. The number of phenolic OH excluding ortho intramolecular Hbond substituents is 1. The average Bonchev–Trinajstić information content (AvgIpc) is 3.21.